The summed E-state index contributed by atoms with van der Waals surface area (Å²) in [6, 6.07) is 5.20. The van der Waals surface area contributed by atoms with E-state index >= 15 is 0 Å². The molecule has 0 unspecified atom stereocenters. The highest BCUT2D eigenvalue weighted by Gasteiger charge is 2.55. The second-order valence-corrected chi connectivity index (χ2v) is 7.64. The van der Waals surface area contributed by atoms with E-state index in [1.54, 1.807) is 0 Å². The number of nitrogens with zero attached hydrogens (tertiary/aromatic N) is 1. The van der Waals surface area contributed by atoms with Crippen LogP contribution >= 0.6 is 0 Å². The van der Waals surface area contributed by atoms with Crippen molar-refractivity contribution >= 4 is 23.6 Å². The van der Waals surface area contributed by atoms with Gasteiger partial charge in [0.05, 0.1) is 17.8 Å². The molecule has 1 aliphatic heterocycles. The van der Waals surface area contributed by atoms with E-state index in [1.807, 2.05) is 6.92 Å². The van der Waals surface area contributed by atoms with Crippen molar-refractivity contribution in [1.82, 2.24) is 15.8 Å². The first-order valence-corrected chi connectivity index (χ1v) is 9.54. The van der Waals surface area contributed by atoms with Gasteiger partial charge in [-0.1, -0.05) is 6.92 Å². The minimum Gasteiger partial charge on any atom is -0.481 e. The zero-order valence-corrected chi connectivity index (χ0v) is 16.5. The number of ether oxygens (including phenoxy) is 1. The van der Waals surface area contributed by atoms with E-state index in [0.29, 0.717) is 18.6 Å². The van der Waals surface area contributed by atoms with E-state index in [9.17, 15) is 23.6 Å². The number of halogens is 1. The number of nitrogens with one attached hydrogen (secondary N) is 2. The Morgan fingerprint density at radius 2 is 1.79 bits per heavy atom. The average Bonchev–Trinajstić information content (AvgIpc) is 2.91. The lowest BCUT2D eigenvalue weighted by atomic mass is 9.68. The number of carbonyl (C=O) groups is 4. The number of rotatable bonds is 4. The van der Waals surface area contributed by atoms with Gasteiger partial charge < -0.3 is 4.74 Å². The molecule has 1 aliphatic carbocycles. The van der Waals surface area contributed by atoms with Gasteiger partial charge in [0.1, 0.15) is 11.6 Å². The average molecular weight is 405 g/mol. The third-order valence-electron chi connectivity index (χ3n) is 5.74. The summed E-state index contributed by atoms with van der Waals surface area (Å²) < 4.78 is 18.3. The fourth-order valence-electron chi connectivity index (χ4n) is 4.09. The summed E-state index contributed by atoms with van der Waals surface area (Å²) in [5.41, 5.74) is 4.66. The highest BCUT2D eigenvalue weighted by molar-refractivity contribution is 6.07. The molecule has 2 fully saturated rings. The number of hydrogen-bond donors (Lipinski definition) is 2. The van der Waals surface area contributed by atoms with Crippen LogP contribution in [0.4, 0.5) is 4.39 Å². The van der Waals surface area contributed by atoms with Gasteiger partial charge in [-0.3, -0.25) is 34.9 Å². The van der Waals surface area contributed by atoms with Crippen LogP contribution in [-0.2, 0) is 19.2 Å². The second-order valence-electron chi connectivity index (χ2n) is 7.64. The van der Waals surface area contributed by atoms with Crippen molar-refractivity contribution in [3.8, 4) is 5.75 Å². The molecule has 0 radical (unpaired) electrons. The van der Waals surface area contributed by atoms with Gasteiger partial charge >= 0.3 is 0 Å². The van der Waals surface area contributed by atoms with Gasteiger partial charge in [0.15, 0.2) is 6.10 Å². The van der Waals surface area contributed by atoms with E-state index in [2.05, 4.69) is 10.9 Å². The van der Waals surface area contributed by atoms with Gasteiger partial charge in [-0.25, -0.2) is 4.39 Å². The Bertz CT molecular complexity index is 828. The Balaban J connectivity index is 1.60. The molecule has 1 saturated heterocycles. The van der Waals surface area contributed by atoms with Crippen LogP contribution in [0.2, 0.25) is 0 Å². The second kappa shape index (κ2) is 8.18. The van der Waals surface area contributed by atoms with Crippen LogP contribution in [-0.4, -0.2) is 41.7 Å². The smallest absolute Gasteiger partial charge is 0.279 e. The Morgan fingerprint density at radius 1 is 1.14 bits per heavy atom. The Kier molecular flexibility index (Phi) is 5.86. The molecule has 1 saturated carbocycles. The topological polar surface area (TPSA) is 105 Å². The summed E-state index contributed by atoms with van der Waals surface area (Å²) in [5.74, 6) is -3.85. The summed E-state index contributed by atoms with van der Waals surface area (Å²) in [5, 5.41) is 0. The van der Waals surface area contributed by atoms with Crippen LogP contribution in [0, 0.1) is 29.5 Å². The Hall–Kier alpha value is -2.97. The number of benzene rings is 1. The molecule has 2 aliphatic rings. The Morgan fingerprint density at radius 3 is 2.45 bits per heavy atom. The third kappa shape index (κ3) is 4.08. The molecule has 5 atom stereocenters. The number of fused-ring (bicyclic) bond motifs is 1. The molecule has 4 amide bonds. The van der Waals surface area contributed by atoms with E-state index in [-0.39, 0.29) is 17.7 Å². The van der Waals surface area contributed by atoms with Crippen LogP contribution in [0.15, 0.2) is 24.3 Å². The van der Waals surface area contributed by atoms with Gasteiger partial charge in [-0.15, -0.1) is 0 Å². The SMILES string of the molecule is C[C@H](Oc1ccc(F)cc1)C(=O)NNC(=O)[C@H]1[C@@H]2C(=O)N(C)C(=O)[C@@H]2CC[C@H]1C. The fourth-order valence-corrected chi connectivity index (χ4v) is 4.09. The summed E-state index contributed by atoms with van der Waals surface area (Å²) in [4.78, 5) is 50.8. The maximum Gasteiger partial charge on any atom is 0.279 e. The molecule has 9 heteroatoms. The molecule has 156 valence electrons. The summed E-state index contributed by atoms with van der Waals surface area (Å²) in [6.45, 7) is 3.34. The minimum atomic E-state index is -0.946. The molecule has 1 aromatic rings. The summed E-state index contributed by atoms with van der Waals surface area (Å²) in [7, 11) is 1.43. The van der Waals surface area contributed by atoms with Crippen LogP contribution in [0.25, 0.3) is 0 Å². The molecular formula is C20H24FN3O5. The van der Waals surface area contributed by atoms with Crippen LogP contribution < -0.4 is 15.6 Å². The minimum absolute atomic E-state index is 0.107. The third-order valence-corrected chi connectivity index (χ3v) is 5.74. The molecule has 1 heterocycles. The normalized spacial score (nSPS) is 27.2. The standard InChI is InChI=1S/C20H24FN3O5/c1-10-4-9-14-16(20(28)24(3)19(14)27)15(10)18(26)23-22-17(25)11(2)29-13-7-5-12(21)6-8-13/h5-8,10-11,14-16H,4,9H2,1-3H3,(H,22,25)(H,23,26)/t10-,11+,14-,15-,16-/m1/s1. The number of amides is 4. The van der Waals surface area contributed by atoms with Gasteiger partial charge in [0.2, 0.25) is 17.7 Å². The summed E-state index contributed by atoms with van der Waals surface area (Å²) in [6.07, 6.45) is 0.266. The number of likely N-dealkylation sites (tertiary alicyclic amines) is 1. The fraction of sp³-hybridized carbons (Fsp3) is 0.500. The predicted octanol–water partition coefficient (Wildman–Crippen LogP) is 1.02. The van der Waals surface area contributed by atoms with Gasteiger partial charge in [-0.2, -0.15) is 0 Å². The highest BCUT2D eigenvalue weighted by Crippen LogP contribution is 2.44. The van der Waals surface area contributed by atoms with E-state index in [0.717, 1.165) is 4.90 Å². The van der Waals surface area contributed by atoms with Gasteiger partial charge in [-0.05, 0) is 49.9 Å². The predicted molar refractivity (Wildman–Crippen MR) is 99.4 cm³/mol. The number of hydrazine groups is 1. The zero-order valence-electron chi connectivity index (χ0n) is 16.5. The first-order chi connectivity index (χ1) is 13.7. The maximum atomic E-state index is 12.9. The highest BCUT2D eigenvalue weighted by atomic mass is 19.1. The first-order valence-electron chi connectivity index (χ1n) is 9.54. The monoisotopic (exact) mass is 405 g/mol. The molecule has 3 rings (SSSR count). The van der Waals surface area contributed by atoms with Crippen molar-refractivity contribution < 1.29 is 28.3 Å². The lowest BCUT2D eigenvalue weighted by Crippen LogP contribution is -2.53. The van der Waals surface area contributed by atoms with Gasteiger partial charge in [0.25, 0.3) is 5.91 Å². The van der Waals surface area contributed by atoms with Crippen molar-refractivity contribution in [2.75, 3.05) is 7.05 Å². The van der Waals surface area contributed by atoms with Gasteiger partial charge in [0, 0.05) is 7.05 Å². The molecule has 1 aromatic carbocycles. The van der Waals surface area contributed by atoms with Crippen LogP contribution in [0.3, 0.4) is 0 Å². The maximum absolute atomic E-state index is 12.9. The Labute approximate surface area is 167 Å². The van der Waals surface area contributed by atoms with Crippen LogP contribution in [0.5, 0.6) is 5.75 Å². The number of imide groups is 1. The van der Waals surface area contributed by atoms with Crippen LogP contribution in [0.1, 0.15) is 26.7 Å². The zero-order chi connectivity index (χ0) is 21.3. The molecular weight excluding hydrogens is 381 g/mol. The molecule has 29 heavy (non-hydrogen) atoms. The molecule has 0 aromatic heterocycles. The van der Waals surface area contributed by atoms with E-state index < -0.39 is 41.5 Å². The molecule has 2 N–H and O–H groups in total. The largest absolute Gasteiger partial charge is 0.481 e. The quantitative estimate of drug-likeness (QED) is 0.575. The van der Waals surface area contributed by atoms with Crippen molar-refractivity contribution in [1.29, 1.82) is 0 Å². The van der Waals surface area contributed by atoms with Crippen molar-refractivity contribution in [2.24, 2.45) is 23.7 Å². The van der Waals surface area contributed by atoms with E-state index in [1.165, 1.54) is 38.2 Å². The lowest BCUT2D eigenvalue weighted by Gasteiger charge is -2.34. The van der Waals surface area contributed by atoms with E-state index in [4.69, 9.17) is 4.74 Å². The molecule has 0 spiro atoms. The molecule has 8 nitrogen and oxygen atoms in total. The van der Waals surface area contributed by atoms with Crippen molar-refractivity contribution in [2.45, 2.75) is 32.8 Å². The van der Waals surface area contributed by atoms with Crippen molar-refractivity contribution in [3.63, 3.8) is 0 Å². The number of carbonyl (C=O) groups excluding carboxylic acids is 4. The summed E-state index contributed by atoms with van der Waals surface area (Å²) >= 11 is 0. The first kappa shape index (κ1) is 20.8. The molecule has 0 bridgehead atoms. The van der Waals surface area contributed by atoms with Crippen molar-refractivity contribution in [3.05, 3.63) is 30.1 Å². The number of hydrogen-bond acceptors (Lipinski definition) is 5. The lowest BCUT2D eigenvalue weighted by molar-refractivity contribution is -0.143.